The van der Waals surface area contributed by atoms with Crippen molar-refractivity contribution in [1.82, 2.24) is 5.32 Å². The highest BCUT2D eigenvalue weighted by molar-refractivity contribution is 6.31. The van der Waals surface area contributed by atoms with Crippen LogP contribution in [0.1, 0.15) is 22.3 Å². The molecule has 2 rings (SSSR count). The molecular formula is C18H20ClN3O3. The van der Waals surface area contributed by atoms with Crippen molar-refractivity contribution in [1.29, 1.82) is 0 Å². The topological polar surface area (TPSA) is 75.5 Å². The second-order valence-electron chi connectivity index (χ2n) is 5.84. The molecule has 6 nitrogen and oxygen atoms in total. The predicted molar refractivity (Wildman–Crippen MR) is 99.5 cm³/mol. The smallest absolute Gasteiger partial charge is 0.282 e. The average Bonchev–Trinajstić information content (AvgIpc) is 2.58. The van der Waals surface area contributed by atoms with Gasteiger partial charge < -0.3 is 10.2 Å². The first kappa shape index (κ1) is 18.7. The van der Waals surface area contributed by atoms with Gasteiger partial charge in [-0.25, -0.2) is 0 Å². The largest absolute Gasteiger partial charge is 0.378 e. The molecule has 0 heterocycles. The van der Waals surface area contributed by atoms with E-state index in [2.05, 4.69) is 17.4 Å². The van der Waals surface area contributed by atoms with Crippen LogP contribution >= 0.6 is 11.6 Å². The van der Waals surface area contributed by atoms with Gasteiger partial charge in [-0.3, -0.25) is 14.9 Å². The Morgan fingerprint density at radius 3 is 2.48 bits per heavy atom. The highest BCUT2D eigenvalue weighted by atomic mass is 35.5. The maximum atomic E-state index is 12.2. The maximum absolute atomic E-state index is 12.2. The highest BCUT2D eigenvalue weighted by Crippen LogP contribution is 2.22. The molecule has 0 aliphatic rings. The van der Waals surface area contributed by atoms with E-state index in [1.807, 2.05) is 31.1 Å². The van der Waals surface area contributed by atoms with Crippen molar-refractivity contribution in [3.8, 4) is 0 Å². The zero-order valence-corrected chi connectivity index (χ0v) is 14.9. The number of nitrogens with one attached hydrogen (secondary N) is 1. The molecule has 0 fully saturated rings. The zero-order chi connectivity index (χ0) is 18.4. The first-order chi connectivity index (χ1) is 11.9. The number of anilines is 1. The summed E-state index contributed by atoms with van der Waals surface area (Å²) in [5, 5.41) is 14.0. The Morgan fingerprint density at radius 2 is 1.88 bits per heavy atom. The second kappa shape index (κ2) is 8.48. The highest BCUT2D eigenvalue weighted by Gasteiger charge is 2.20. The molecular weight excluding hydrogens is 342 g/mol. The van der Waals surface area contributed by atoms with E-state index in [0.717, 1.165) is 18.5 Å². The second-order valence-corrected chi connectivity index (χ2v) is 6.28. The molecule has 0 saturated carbocycles. The standard InChI is InChI=1S/C18H20ClN3O3/c1-21(2)15-8-5-13(6-9-15)4-3-11-20-18(23)16-12-14(19)7-10-17(16)22(24)25/h5-10,12H,3-4,11H2,1-2H3,(H,20,23). The number of hydrogen-bond acceptors (Lipinski definition) is 4. The van der Waals surface area contributed by atoms with E-state index in [0.29, 0.717) is 6.54 Å². The van der Waals surface area contributed by atoms with Crippen LogP contribution in [0.2, 0.25) is 5.02 Å². The van der Waals surface area contributed by atoms with Crippen LogP contribution in [0, 0.1) is 10.1 Å². The van der Waals surface area contributed by atoms with Gasteiger partial charge in [0.05, 0.1) is 4.92 Å². The molecule has 132 valence electrons. The SMILES string of the molecule is CN(C)c1ccc(CCCNC(=O)c2cc(Cl)ccc2[N+](=O)[O-])cc1. The normalized spacial score (nSPS) is 10.4. The summed E-state index contributed by atoms with van der Waals surface area (Å²) in [4.78, 5) is 24.6. The van der Waals surface area contributed by atoms with Crippen LogP contribution in [-0.4, -0.2) is 31.5 Å². The van der Waals surface area contributed by atoms with E-state index in [1.54, 1.807) is 0 Å². The van der Waals surface area contributed by atoms with Crippen molar-refractivity contribution in [3.63, 3.8) is 0 Å². The van der Waals surface area contributed by atoms with Crippen molar-refractivity contribution >= 4 is 28.9 Å². The van der Waals surface area contributed by atoms with Gasteiger partial charge in [0.15, 0.2) is 0 Å². The Labute approximate surface area is 151 Å². The molecule has 0 aliphatic heterocycles. The molecule has 0 atom stereocenters. The molecule has 7 heteroatoms. The number of hydrogen-bond donors (Lipinski definition) is 1. The van der Waals surface area contributed by atoms with Crippen LogP contribution < -0.4 is 10.2 Å². The van der Waals surface area contributed by atoms with Gasteiger partial charge in [0.25, 0.3) is 11.6 Å². The molecule has 1 amide bonds. The summed E-state index contributed by atoms with van der Waals surface area (Å²) in [6.07, 6.45) is 1.55. The number of amides is 1. The van der Waals surface area contributed by atoms with E-state index in [-0.39, 0.29) is 16.3 Å². The fourth-order valence-electron chi connectivity index (χ4n) is 2.40. The number of carbonyl (C=O) groups excluding carboxylic acids is 1. The molecule has 0 saturated heterocycles. The van der Waals surface area contributed by atoms with Gasteiger partial charge in [-0.05, 0) is 42.7 Å². The van der Waals surface area contributed by atoms with E-state index in [4.69, 9.17) is 11.6 Å². The first-order valence-electron chi connectivity index (χ1n) is 7.87. The third-order valence-electron chi connectivity index (χ3n) is 3.78. The van der Waals surface area contributed by atoms with E-state index in [9.17, 15) is 14.9 Å². The Bertz CT molecular complexity index is 761. The molecule has 0 spiro atoms. The summed E-state index contributed by atoms with van der Waals surface area (Å²) in [5.74, 6) is -0.489. The lowest BCUT2D eigenvalue weighted by molar-refractivity contribution is -0.385. The van der Waals surface area contributed by atoms with Crippen molar-refractivity contribution < 1.29 is 9.72 Å². The Morgan fingerprint density at radius 1 is 1.20 bits per heavy atom. The molecule has 0 unspecified atom stereocenters. The zero-order valence-electron chi connectivity index (χ0n) is 14.2. The molecule has 0 aromatic heterocycles. The van der Waals surface area contributed by atoms with Gasteiger partial charge >= 0.3 is 0 Å². The molecule has 0 aliphatic carbocycles. The monoisotopic (exact) mass is 361 g/mol. The summed E-state index contributed by atoms with van der Waals surface area (Å²) in [6, 6.07) is 12.1. The number of nitrogens with zero attached hydrogens (tertiary/aromatic N) is 2. The van der Waals surface area contributed by atoms with Gasteiger partial charge in [-0.1, -0.05) is 23.7 Å². The molecule has 1 N–H and O–H groups in total. The van der Waals surface area contributed by atoms with Crippen molar-refractivity contribution in [2.75, 3.05) is 25.5 Å². The fraction of sp³-hybridized carbons (Fsp3) is 0.278. The van der Waals surface area contributed by atoms with Crippen LogP contribution in [0.15, 0.2) is 42.5 Å². The summed E-state index contributed by atoms with van der Waals surface area (Å²) in [7, 11) is 3.97. The van der Waals surface area contributed by atoms with Crippen molar-refractivity contribution in [2.24, 2.45) is 0 Å². The van der Waals surface area contributed by atoms with Gasteiger partial charge in [-0.15, -0.1) is 0 Å². The van der Waals surface area contributed by atoms with Crippen LogP contribution in [-0.2, 0) is 6.42 Å². The Kier molecular flexibility index (Phi) is 6.36. The van der Waals surface area contributed by atoms with Crippen LogP contribution in [0.3, 0.4) is 0 Å². The van der Waals surface area contributed by atoms with Gasteiger partial charge in [0.2, 0.25) is 0 Å². The summed E-state index contributed by atoms with van der Waals surface area (Å²) in [6.45, 7) is 0.429. The van der Waals surface area contributed by atoms with Crippen LogP contribution in [0.4, 0.5) is 11.4 Å². The number of carbonyl (C=O) groups is 1. The summed E-state index contributed by atoms with van der Waals surface area (Å²) in [5.41, 5.74) is 2.04. The number of halogens is 1. The maximum Gasteiger partial charge on any atom is 0.282 e. The van der Waals surface area contributed by atoms with E-state index >= 15 is 0 Å². The van der Waals surface area contributed by atoms with Crippen LogP contribution in [0.25, 0.3) is 0 Å². The van der Waals surface area contributed by atoms with Crippen LogP contribution in [0.5, 0.6) is 0 Å². The lowest BCUT2D eigenvalue weighted by Crippen LogP contribution is -2.25. The molecule has 2 aromatic carbocycles. The quantitative estimate of drug-likeness (QED) is 0.463. The Balaban J connectivity index is 1.88. The van der Waals surface area contributed by atoms with Crippen molar-refractivity contribution in [2.45, 2.75) is 12.8 Å². The molecule has 2 aromatic rings. The molecule has 0 bridgehead atoms. The van der Waals surface area contributed by atoms with Crippen molar-refractivity contribution in [3.05, 3.63) is 68.7 Å². The summed E-state index contributed by atoms with van der Waals surface area (Å²) < 4.78 is 0. The van der Waals surface area contributed by atoms with Gasteiger partial charge in [0.1, 0.15) is 5.56 Å². The van der Waals surface area contributed by atoms with E-state index in [1.165, 1.54) is 23.8 Å². The van der Waals surface area contributed by atoms with Gasteiger partial charge in [0, 0.05) is 37.4 Å². The number of rotatable bonds is 7. The Hall–Kier alpha value is -2.60. The fourth-order valence-corrected chi connectivity index (χ4v) is 2.57. The minimum absolute atomic E-state index is 0.0205. The molecule has 0 radical (unpaired) electrons. The number of benzene rings is 2. The number of nitro benzene ring substituents is 1. The summed E-state index contributed by atoms with van der Waals surface area (Å²) >= 11 is 5.84. The van der Waals surface area contributed by atoms with E-state index < -0.39 is 10.8 Å². The molecule has 25 heavy (non-hydrogen) atoms. The lowest BCUT2D eigenvalue weighted by Gasteiger charge is -2.12. The third-order valence-corrected chi connectivity index (χ3v) is 4.02. The minimum atomic E-state index is -0.586. The average molecular weight is 362 g/mol. The number of aryl methyl sites for hydroxylation is 1. The predicted octanol–water partition coefficient (Wildman–Crippen LogP) is 3.68. The third kappa shape index (κ3) is 5.19. The minimum Gasteiger partial charge on any atom is -0.378 e. The van der Waals surface area contributed by atoms with Gasteiger partial charge in [-0.2, -0.15) is 0 Å². The number of nitro groups is 1. The lowest BCUT2D eigenvalue weighted by atomic mass is 10.1. The first-order valence-corrected chi connectivity index (χ1v) is 8.24.